The molecule has 2 heteroatoms. The molecule has 0 fully saturated rings. The van der Waals surface area contributed by atoms with Gasteiger partial charge in [0.15, 0.2) is 0 Å². The third-order valence-corrected chi connectivity index (χ3v) is 1.96. The van der Waals surface area contributed by atoms with Crippen LogP contribution in [0, 0.1) is 13.8 Å². The summed E-state index contributed by atoms with van der Waals surface area (Å²) in [6.45, 7) is 4.02. The highest BCUT2D eigenvalue weighted by Gasteiger charge is 2.02. The Hall–Kier alpha value is -0.820. The van der Waals surface area contributed by atoms with Crippen LogP contribution in [0.3, 0.4) is 0 Å². The molecule has 0 aliphatic rings. The zero-order valence-electron chi connectivity index (χ0n) is 7.23. The lowest BCUT2D eigenvalue weighted by atomic mass is 10.0. The number of hydrogen-bond acceptors (Lipinski definition) is 1. The Morgan fingerprint density at radius 2 is 2.08 bits per heavy atom. The molecule has 0 radical (unpaired) electrons. The zero-order valence-corrected chi connectivity index (χ0v) is 7.98. The Labute approximate surface area is 77.4 Å². The normalized spacial score (nSPS) is 9.92. The first-order valence-electron chi connectivity index (χ1n) is 3.84. The van der Waals surface area contributed by atoms with E-state index < -0.39 is 0 Å². The Bertz CT molecular complexity index is 305. The number of hydrogen-bond donors (Lipinski definition) is 0. The van der Waals surface area contributed by atoms with E-state index in [1.165, 1.54) is 5.56 Å². The van der Waals surface area contributed by atoms with E-state index in [0.29, 0.717) is 6.42 Å². The quantitative estimate of drug-likeness (QED) is 0.643. The van der Waals surface area contributed by atoms with Gasteiger partial charge in [-0.15, -0.1) is 0 Å². The van der Waals surface area contributed by atoms with Crippen molar-refractivity contribution < 1.29 is 4.79 Å². The molecule has 1 aromatic carbocycles. The van der Waals surface area contributed by atoms with E-state index in [9.17, 15) is 4.79 Å². The van der Waals surface area contributed by atoms with Gasteiger partial charge in [-0.2, -0.15) is 0 Å². The number of benzene rings is 1. The van der Waals surface area contributed by atoms with Crippen LogP contribution in [-0.4, -0.2) is 5.24 Å². The molecule has 0 saturated heterocycles. The minimum Gasteiger partial charge on any atom is -0.281 e. The van der Waals surface area contributed by atoms with Gasteiger partial charge in [-0.3, -0.25) is 4.79 Å². The number of halogens is 1. The lowest BCUT2D eigenvalue weighted by molar-refractivity contribution is -0.111. The predicted molar refractivity (Wildman–Crippen MR) is 50.5 cm³/mol. The maximum Gasteiger partial charge on any atom is 0.226 e. The molecule has 1 aromatic rings. The third-order valence-electron chi connectivity index (χ3n) is 1.83. The largest absolute Gasteiger partial charge is 0.281 e. The van der Waals surface area contributed by atoms with Gasteiger partial charge in [-0.05, 0) is 36.6 Å². The maximum atomic E-state index is 10.6. The summed E-state index contributed by atoms with van der Waals surface area (Å²) >= 11 is 5.29. The van der Waals surface area contributed by atoms with Crippen LogP contribution in [0.2, 0.25) is 0 Å². The molecule has 0 saturated carbocycles. The molecule has 0 amide bonds. The molecule has 0 unspecified atom stereocenters. The minimum absolute atomic E-state index is 0.304. The van der Waals surface area contributed by atoms with Crippen molar-refractivity contribution in [3.63, 3.8) is 0 Å². The van der Waals surface area contributed by atoms with Crippen molar-refractivity contribution in [1.29, 1.82) is 0 Å². The summed E-state index contributed by atoms with van der Waals surface area (Å²) in [5.41, 5.74) is 3.35. The van der Waals surface area contributed by atoms with Gasteiger partial charge in [0.25, 0.3) is 0 Å². The highest BCUT2D eigenvalue weighted by atomic mass is 35.5. The average molecular weight is 183 g/mol. The van der Waals surface area contributed by atoms with Crippen LogP contribution in [-0.2, 0) is 11.2 Å². The van der Waals surface area contributed by atoms with Gasteiger partial charge >= 0.3 is 0 Å². The van der Waals surface area contributed by atoms with E-state index >= 15 is 0 Å². The second-order valence-electron chi connectivity index (χ2n) is 2.96. The summed E-state index contributed by atoms with van der Waals surface area (Å²) in [4.78, 5) is 10.6. The average Bonchev–Trinajstić information content (AvgIpc) is 1.94. The topological polar surface area (TPSA) is 17.1 Å². The molecule has 0 aliphatic heterocycles. The highest BCUT2D eigenvalue weighted by molar-refractivity contribution is 6.63. The van der Waals surface area contributed by atoms with E-state index in [1.54, 1.807) is 0 Å². The second kappa shape index (κ2) is 3.72. The molecule has 0 aromatic heterocycles. The number of carbonyl (C=O) groups excluding carboxylic acids is 1. The van der Waals surface area contributed by atoms with E-state index in [0.717, 1.165) is 11.1 Å². The SMILES string of the molecule is Cc1ccc(CC(=O)Cl)c(C)c1. The lowest BCUT2D eigenvalue weighted by Crippen LogP contribution is -1.96. The fraction of sp³-hybridized carbons (Fsp3) is 0.300. The van der Waals surface area contributed by atoms with Crippen LogP contribution >= 0.6 is 11.6 Å². The zero-order chi connectivity index (χ0) is 9.14. The molecule has 1 rings (SSSR count). The molecule has 0 aliphatic carbocycles. The van der Waals surface area contributed by atoms with Crippen molar-refractivity contribution >= 4 is 16.8 Å². The summed E-state index contributed by atoms with van der Waals surface area (Å²) in [6.07, 6.45) is 0.327. The Balaban J connectivity index is 2.93. The molecule has 0 N–H and O–H groups in total. The van der Waals surface area contributed by atoms with Crippen molar-refractivity contribution in [3.8, 4) is 0 Å². The van der Waals surface area contributed by atoms with Gasteiger partial charge in [-0.1, -0.05) is 23.8 Å². The molecule has 0 spiro atoms. The monoisotopic (exact) mass is 182 g/mol. The molecular weight excluding hydrogens is 172 g/mol. The first-order valence-corrected chi connectivity index (χ1v) is 4.22. The highest BCUT2D eigenvalue weighted by Crippen LogP contribution is 2.11. The molecular formula is C10H11ClO. The number of aryl methyl sites for hydroxylation is 2. The van der Waals surface area contributed by atoms with Gasteiger partial charge in [0.1, 0.15) is 0 Å². The summed E-state index contributed by atoms with van der Waals surface area (Å²) in [5, 5.41) is -0.304. The maximum absolute atomic E-state index is 10.6. The third kappa shape index (κ3) is 2.35. The van der Waals surface area contributed by atoms with Crippen LogP contribution < -0.4 is 0 Å². The van der Waals surface area contributed by atoms with Crippen LogP contribution in [0.15, 0.2) is 18.2 Å². The van der Waals surface area contributed by atoms with E-state index in [-0.39, 0.29) is 5.24 Å². The molecule has 1 nitrogen and oxygen atoms in total. The number of rotatable bonds is 2. The standard InChI is InChI=1S/C10H11ClO/c1-7-3-4-9(6-10(11)12)8(2)5-7/h3-5H,6H2,1-2H3. The van der Waals surface area contributed by atoms with Gasteiger partial charge in [0, 0.05) is 6.42 Å². The second-order valence-corrected chi connectivity index (χ2v) is 3.38. The van der Waals surface area contributed by atoms with Gasteiger partial charge in [-0.25, -0.2) is 0 Å². The minimum atomic E-state index is -0.304. The number of carbonyl (C=O) groups is 1. The van der Waals surface area contributed by atoms with E-state index in [4.69, 9.17) is 11.6 Å². The molecule has 0 bridgehead atoms. The Morgan fingerprint density at radius 3 is 2.58 bits per heavy atom. The molecule has 12 heavy (non-hydrogen) atoms. The van der Waals surface area contributed by atoms with Crippen molar-refractivity contribution in [2.24, 2.45) is 0 Å². The first-order chi connectivity index (χ1) is 5.59. The first kappa shape index (κ1) is 9.27. The fourth-order valence-corrected chi connectivity index (χ4v) is 1.34. The van der Waals surface area contributed by atoms with Crippen LogP contribution in [0.5, 0.6) is 0 Å². The van der Waals surface area contributed by atoms with Crippen molar-refractivity contribution in [1.82, 2.24) is 0 Å². The summed E-state index contributed by atoms with van der Waals surface area (Å²) in [6, 6.07) is 5.99. The van der Waals surface area contributed by atoms with Crippen molar-refractivity contribution in [2.75, 3.05) is 0 Å². The molecule has 0 heterocycles. The predicted octanol–water partition coefficient (Wildman–Crippen LogP) is 2.61. The van der Waals surface area contributed by atoms with Crippen LogP contribution in [0.4, 0.5) is 0 Å². The van der Waals surface area contributed by atoms with Crippen LogP contribution in [0.1, 0.15) is 16.7 Å². The lowest BCUT2D eigenvalue weighted by Gasteiger charge is -2.02. The van der Waals surface area contributed by atoms with E-state index in [2.05, 4.69) is 6.07 Å². The van der Waals surface area contributed by atoms with E-state index in [1.807, 2.05) is 26.0 Å². The summed E-state index contributed by atoms with van der Waals surface area (Å²) < 4.78 is 0. The molecule has 0 atom stereocenters. The smallest absolute Gasteiger partial charge is 0.226 e. The van der Waals surface area contributed by atoms with Crippen LogP contribution in [0.25, 0.3) is 0 Å². The summed E-state index contributed by atoms with van der Waals surface area (Å²) in [5.74, 6) is 0. The van der Waals surface area contributed by atoms with Gasteiger partial charge < -0.3 is 0 Å². The summed E-state index contributed by atoms with van der Waals surface area (Å²) in [7, 11) is 0. The Kier molecular flexibility index (Phi) is 2.88. The Morgan fingerprint density at radius 1 is 1.42 bits per heavy atom. The van der Waals surface area contributed by atoms with Gasteiger partial charge in [0.05, 0.1) is 0 Å². The van der Waals surface area contributed by atoms with Crippen molar-refractivity contribution in [3.05, 3.63) is 34.9 Å². The molecule has 64 valence electrons. The van der Waals surface area contributed by atoms with Gasteiger partial charge in [0.2, 0.25) is 5.24 Å². The van der Waals surface area contributed by atoms with Crippen molar-refractivity contribution in [2.45, 2.75) is 20.3 Å². The fourth-order valence-electron chi connectivity index (χ4n) is 1.19.